The van der Waals surface area contributed by atoms with Gasteiger partial charge in [-0.3, -0.25) is 0 Å². The van der Waals surface area contributed by atoms with E-state index in [-0.39, 0.29) is 12.1 Å². The first kappa shape index (κ1) is 25.0. The van der Waals surface area contributed by atoms with E-state index < -0.39 is 0 Å². The Balaban J connectivity index is 1.49. The molecule has 0 bridgehead atoms. The third-order valence-corrected chi connectivity index (χ3v) is 7.15. The quantitative estimate of drug-likeness (QED) is 0.495. The van der Waals surface area contributed by atoms with Gasteiger partial charge < -0.3 is 25.0 Å². The number of piperidine rings is 1. The van der Waals surface area contributed by atoms with Crippen LogP contribution >= 0.6 is 11.6 Å². The monoisotopic (exact) mass is 487 g/mol. The zero-order chi connectivity index (χ0) is 24.1. The van der Waals surface area contributed by atoms with Gasteiger partial charge in [0.2, 0.25) is 5.95 Å². The van der Waals surface area contributed by atoms with Gasteiger partial charge in [0, 0.05) is 31.0 Å². The molecule has 1 aromatic carbocycles. The first-order chi connectivity index (χ1) is 16.4. The minimum absolute atomic E-state index is 0.106. The van der Waals surface area contributed by atoms with Gasteiger partial charge in [-0.2, -0.15) is 4.98 Å². The average Bonchev–Trinajstić information content (AvgIpc) is 2.82. The highest BCUT2D eigenvalue weighted by Gasteiger charge is 2.23. The number of hydrogen-bond donors (Lipinski definition) is 2. The van der Waals surface area contributed by atoms with Crippen LogP contribution in [-0.2, 0) is 4.74 Å². The molecule has 3 heterocycles. The molecule has 0 spiro atoms. The summed E-state index contributed by atoms with van der Waals surface area (Å²) in [4.78, 5) is 11.5. The van der Waals surface area contributed by atoms with E-state index >= 15 is 0 Å². The maximum Gasteiger partial charge on any atom is 0.229 e. The summed E-state index contributed by atoms with van der Waals surface area (Å²) in [6.07, 6.45) is 6.15. The molecule has 0 amide bonds. The second-order valence-electron chi connectivity index (χ2n) is 9.89. The van der Waals surface area contributed by atoms with Gasteiger partial charge in [-0.05, 0) is 90.1 Å². The maximum atomic E-state index is 6.42. The molecule has 0 radical (unpaired) electrons. The first-order valence-electron chi connectivity index (χ1n) is 12.5. The smallest absolute Gasteiger partial charge is 0.229 e. The van der Waals surface area contributed by atoms with E-state index in [1.807, 2.05) is 0 Å². The molecule has 34 heavy (non-hydrogen) atoms. The molecule has 2 aromatic rings. The number of rotatable bonds is 8. The van der Waals surface area contributed by atoms with Crippen LogP contribution in [0.2, 0.25) is 5.02 Å². The number of nitrogens with one attached hydrogen (secondary N) is 2. The fourth-order valence-electron chi connectivity index (χ4n) is 4.83. The summed E-state index contributed by atoms with van der Waals surface area (Å²) < 4.78 is 11.7. The Morgan fingerprint density at radius 3 is 2.56 bits per heavy atom. The molecule has 2 aliphatic heterocycles. The molecule has 0 unspecified atom stereocenters. The van der Waals surface area contributed by atoms with Gasteiger partial charge in [0.25, 0.3) is 0 Å². The van der Waals surface area contributed by atoms with Gasteiger partial charge in [0.15, 0.2) is 5.82 Å². The van der Waals surface area contributed by atoms with Crippen molar-refractivity contribution in [1.29, 1.82) is 0 Å². The van der Waals surface area contributed by atoms with Crippen molar-refractivity contribution in [3.05, 3.63) is 35.0 Å². The van der Waals surface area contributed by atoms with Crippen LogP contribution in [-0.4, -0.2) is 60.4 Å². The molecule has 2 saturated heterocycles. The number of aromatic nitrogens is 2. The molecular formula is C26H38ClN5O2. The lowest BCUT2D eigenvalue weighted by Crippen LogP contribution is -2.31. The molecular weight excluding hydrogens is 450 g/mol. The summed E-state index contributed by atoms with van der Waals surface area (Å²) in [7, 11) is 2.19. The van der Waals surface area contributed by atoms with Crippen LogP contribution in [0.15, 0.2) is 24.4 Å². The number of nitrogens with zero attached hydrogens (tertiary/aromatic N) is 3. The van der Waals surface area contributed by atoms with Crippen LogP contribution in [0.25, 0.3) is 0 Å². The zero-order valence-corrected chi connectivity index (χ0v) is 21.6. The molecule has 4 rings (SSSR count). The zero-order valence-electron chi connectivity index (χ0n) is 20.8. The number of likely N-dealkylation sites (tertiary alicyclic amines) is 1. The summed E-state index contributed by atoms with van der Waals surface area (Å²) in [6, 6.07) is 6.61. The van der Waals surface area contributed by atoms with Crippen molar-refractivity contribution in [3.8, 4) is 5.75 Å². The van der Waals surface area contributed by atoms with Gasteiger partial charge >= 0.3 is 0 Å². The number of anilines is 3. The topological polar surface area (TPSA) is 71.5 Å². The van der Waals surface area contributed by atoms with Crippen LogP contribution in [0.3, 0.4) is 0 Å². The van der Waals surface area contributed by atoms with Gasteiger partial charge in [-0.15, -0.1) is 0 Å². The van der Waals surface area contributed by atoms with E-state index in [9.17, 15) is 0 Å². The van der Waals surface area contributed by atoms with Crippen molar-refractivity contribution >= 4 is 29.1 Å². The summed E-state index contributed by atoms with van der Waals surface area (Å²) in [5.41, 5.74) is 2.19. The second-order valence-corrected chi connectivity index (χ2v) is 10.3. The second kappa shape index (κ2) is 11.6. The highest BCUT2D eigenvalue weighted by Crippen LogP contribution is 2.37. The van der Waals surface area contributed by atoms with Crippen LogP contribution in [0.5, 0.6) is 5.75 Å². The molecule has 7 nitrogen and oxygen atoms in total. The Kier molecular flexibility index (Phi) is 8.51. The van der Waals surface area contributed by atoms with Gasteiger partial charge in [0.1, 0.15) is 10.8 Å². The lowest BCUT2D eigenvalue weighted by atomic mass is 9.89. The molecule has 0 saturated carbocycles. The molecule has 1 atom stereocenters. The first-order valence-corrected chi connectivity index (χ1v) is 12.9. The molecule has 2 N–H and O–H groups in total. The van der Waals surface area contributed by atoms with E-state index in [1.54, 1.807) is 6.20 Å². The Hall–Kier alpha value is -2.09. The van der Waals surface area contributed by atoms with Crippen LogP contribution in [0, 0.1) is 5.92 Å². The van der Waals surface area contributed by atoms with Crippen molar-refractivity contribution in [2.75, 3.05) is 44.0 Å². The summed E-state index contributed by atoms with van der Waals surface area (Å²) >= 11 is 6.42. The van der Waals surface area contributed by atoms with Crippen molar-refractivity contribution in [2.45, 2.75) is 64.5 Å². The van der Waals surface area contributed by atoms with Crippen LogP contribution in [0.4, 0.5) is 17.5 Å². The molecule has 2 aliphatic rings. The third kappa shape index (κ3) is 6.52. The minimum atomic E-state index is 0.106. The van der Waals surface area contributed by atoms with E-state index in [4.69, 9.17) is 21.1 Å². The van der Waals surface area contributed by atoms with Crippen molar-refractivity contribution in [2.24, 2.45) is 5.92 Å². The third-order valence-electron chi connectivity index (χ3n) is 6.87. The summed E-state index contributed by atoms with van der Waals surface area (Å²) in [5, 5.41) is 7.36. The lowest BCUT2D eigenvalue weighted by Gasteiger charge is -2.30. The van der Waals surface area contributed by atoms with Gasteiger partial charge in [-0.1, -0.05) is 17.7 Å². The molecule has 0 aliphatic carbocycles. The minimum Gasteiger partial charge on any atom is -0.491 e. The average molecular weight is 488 g/mol. The van der Waals surface area contributed by atoms with Crippen molar-refractivity contribution in [1.82, 2.24) is 14.9 Å². The summed E-state index contributed by atoms with van der Waals surface area (Å²) in [5.74, 6) is 3.16. The molecule has 2 fully saturated rings. The Morgan fingerprint density at radius 1 is 1.12 bits per heavy atom. The number of halogens is 1. The van der Waals surface area contributed by atoms with Crippen LogP contribution < -0.4 is 15.4 Å². The van der Waals surface area contributed by atoms with Crippen molar-refractivity contribution < 1.29 is 9.47 Å². The molecule has 8 heteroatoms. The lowest BCUT2D eigenvalue weighted by molar-refractivity contribution is 0.0622. The van der Waals surface area contributed by atoms with Crippen LogP contribution in [0.1, 0.15) is 57.9 Å². The molecule has 186 valence electrons. The Morgan fingerprint density at radius 2 is 1.85 bits per heavy atom. The standard InChI is InChI=1S/C26H38ClN5O2/c1-17(2)34-24-15-21(5-6-22(24)20-7-11-32(4)12-8-20)30-26-28-16-23(27)25(31-26)29-18(3)19-9-13-33-14-10-19/h5-6,15-20H,7-14H2,1-4H3,(H2,28,29,30,31)/t18-/m1/s1. The van der Waals surface area contributed by atoms with Crippen molar-refractivity contribution in [3.63, 3.8) is 0 Å². The Bertz CT molecular complexity index is 943. The highest BCUT2D eigenvalue weighted by atomic mass is 35.5. The SMILES string of the molecule is CC(C)Oc1cc(Nc2ncc(Cl)c(N[C@H](C)C3CCOCC3)n2)ccc1C1CCN(C)CC1. The summed E-state index contributed by atoms with van der Waals surface area (Å²) in [6.45, 7) is 10.2. The predicted molar refractivity (Wildman–Crippen MR) is 139 cm³/mol. The van der Waals surface area contributed by atoms with Gasteiger partial charge in [-0.25, -0.2) is 4.98 Å². The van der Waals surface area contributed by atoms with E-state index in [2.05, 4.69) is 71.5 Å². The number of benzene rings is 1. The Labute approximate surface area is 208 Å². The highest BCUT2D eigenvalue weighted by molar-refractivity contribution is 6.32. The van der Waals surface area contributed by atoms with E-state index in [1.165, 1.54) is 5.56 Å². The van der Waals surface area contributed by atoms with E-state index in [0.717, 1.165) is 63.4 Å². The maximum absolute atomic E-state index is 6.42. The van der Waals surface area contributed by atoms with Gasteiger partial charge in [0.05, 0.1) is 12.3 Å². The largest absolute Gasteiger partial charge is 0.491 e. The van der Waals surface area contributed by atoms with E-state index in [0.29, 0.717) is 28.6 Å². The fourth-order valence-corrected chi connectivity index (χ4v) is 4.98. The molecule has 1 aromatic heterocycles. The number of hydrogen-bond acceptors (Lipinski definition) is 7. The number of ether oxygens (including phenoxy) is 2. The normalized spacial score (nSPS) is 19.2. The fraction of sp³-hybridized carbons (Fsp3) is 0.615. The predicted octanol–water partition coefficient (Wildman–Crippen LogP) is 5.70.